The minimum Gasteiger partial charge on any atom is -0.304 e. The van der Waals surface area contributed by atoms with Crippen molar-refractivity contribution >= 4 is 23.3 Å². The van der Waals surface area contributed by atoms with E-state index in [1.165, 1.54) is 24.3 Å². The highest BCUT2D eigenvalue weighted by molar-refractivity contribution is 6.30. The van der Waals surface area contributed by atoms with Crippen LogP contribution in [0.2, 0.25) is 5.02 Å². The van der Waals surface area contributed by atoms with E-state index in [-0.39, 0.29) is 5.82 Å². The topological polar surface area (TPSA) is 70.7 Å². The van der Waals surface area contributed by atoms with Crippen molar-refractivity contribution in [2.75, 3.05) is 5.32 Å². The van der Waals surface area contributed by atoms with E-state index in [0.29, 0.717) is 21.8 Å². The number of carbonyl (C=O) groups is 1. The van der Waals surface area contributed by atoms with Gasteiger partial charge in [-0.2, -0.15) is 13.9 Å². The van der Waals surface area contributed by atoms with Crippen molar-refractivity contribution in [3.8, 4) is 11.3 Å². The minimum atomic E-state index is -3.59. The van der Waals surface area contributed by atoms with E-state index < -0.39 is 18.3 Å². The fourth-order valence-electron chi connectivity index (χ4n) is 2.46. The van der Waals surface area contributed by atoms with Crippen molar-refractivity contribution in [3.05, 3.63) is 64.9 Å². The third-order valence-corrected chi connectivity index (χ3v) is 4.13. The van der Waals surface area contributed by atoms with Gasteiger partial charge in [0.05, 0.1) is 5.69 Å². The summed E-state index contributed by atoms with van der Waals surface area (Å²) in [7, 11) is 0. The molecule has 1 amide bonds. The Morgan fingerprint density at radius 1 is 1.19 bits per heavy atom. The maximum Gasteiger partial charge on any atom is 0.328 e. The van der Waals surface area contributed by atoms with Crippen LogP contribution in [0.3, 0.4) is 0 Å². The van der Waals surface area contributed by atoms with E-state index in [9.17, 15) is 13.6 Å². The average molecular weight is 377 g/mol. The zero-order valence-corrected chi connectivity index (χ0v) is 14.5. The summed E-state index contributed by atoms with van der Waals surface area (Å²) in [5.41, 5.74) is 2.29. The first-order valence-corrected chi connectivity index (χ1v) is 8.14. The van der Waals surface area contributed by atoms with Gasteiger partial charge in [0, 0.05) is 35.0 Å². The van der Waals surface area contributed by atoms with Crippen LogP contribution in [-0.4, -0.2) is 27.0 Å². The van der Waals surface area contributed by atoms with Crippen LogP contribution in [0, 0.1) is 6.92 Å². The van der Waals surface area contributed by atoms with Gasteiger partial charge in [-0.3, -0.25) is 14.9 Å². The number of aromatic amines is 1. The Bertz CT molecular complexity index is 911. The molecule has 0 radical (unpaired) electrons. The standard InChI is InChI=1S/C18H15ClF2N4O/c1-11-15(13-6-8-22-9-7-13)24-25-16(11)23-17(26)18(20,21)10-12-2-4-14(19)5-3-12/h2-9H,10H2,1H3,(H2,23,24,25,26). The number of amides is 1. The minimum absolute atomic E-state index is 0.0672. The molecule has 134 valence electrons. The van der Waals surface area contributed by atoms with Crippen LogP contribution in [0.25, 0.3) is 11.3 Å². The van der Waals surface area contributed by atoms with Crippen LogP contribution in [-0.2, 0) is 11.2 Å². The maximum absolute atomic E-state index is 14.3. The van der Waals surface area contributed by atoms with Gasteiger partial charge in [0.1, 0.15) is 0 Å². The lowest BCUT2D eigenvalue weighted by Gasteiger charge is -2.15. The molecule has 2 heterocycles. The monoisotopic (exact) mass is 376 g/mol. The molecular formula is C18H15ClF2N4O. The molecule has 3 aromatic rings. The van der Waals surface area contributed by atoms with E-state index in [4.69, 9.17) is 11.6 Å². The van der Waals surface area contributed by atoms with E-state index in [0.717, 1.165) is 5.56 Å². The number of halogens is 3. The molecule has 0 atom stereocenters. The summed E-state index contributed by atoms with van der Waals surface area (Å²) in [4.78, 5) is 16.0. The summed E-state index contributed by atoms with van der Waals surface area (Å²) in [5.74, 6) is -4.93. The average Bonchev–Trinajstić information content (AvgIpc) is 2.98. The summed E-state index contributed by atoms with van der Waals surface area (Å²) in [6.45, 7) is 1.69. The molecule has 0 fully saturated rings. The number of aromatic nitrogens is 3. The highest BCUT2D eigenvalue weighted by Gasteiger charge is 2.39. The van der Waals surface area contributed by atoms with E-state index in [2.05, 4.69) is 20.5 Å². The molecule has 0 saturated carbocycles. The molecule has 3 rings (SSSR count). The molecule has 0 aliphatic rings. The van der Waals surface area contributed by atoms with Gasteiger partial charge < -0.3 is 5.32 Å². The molecule has 0 aliphatic heterocycles. The first-order chi connectivity index (χ1) is 12.4. The summed E-state index contributed by atoms with van der Waals surface area (Å²) in [6.07, 6.45) is 2.49. The molecule has 26 heavy (non-hydrogen) atoms. The van der Waals surface area contributed by atoms with Gasteiger partial charge in [-0.1, -0.05) is 23.7 Å². The molecule has 2 N–H and O–H groups in total. The lowest BCUT2D eigenvalue weighted by Crippen LogP contribution is -2.36. The third-order valence-electron chi connectivity index (χ3n) is 3.88. The number of pyridine rings is 1. The normalized spacial score (nSPS) is 11.4. The van der Waals surface area contributed by atoms with Crippen LogP contribution >= 0.6 is 11.6 Å². The fourth-order valence-corrected chi connectivity index (χ4v) is 2.58. The van der Waals surface area contributed by atoms with Gasteiger partial charge in [-0.25, -0.2) is 0 Å². The van der Waals surface area contributed by atoms with E-state index in [1.54, 1.807) is 31.5 Å². The smallest absolute Gasteiger partial charge is 0.304 e. The lowest BCUT2D eigenvalue weighted by atomic mass is 10.1. The Balaban J connectivity index is 1.75. The number of anilines is 1. The van der Waals surface area contributed by atoms with Crippen molar-refractivity contribution < 1.29 is 13.6 Å². The van der Waals surface area contributed by atoms with Crippen LogP contribution in [0.4, 0.5) is 14.6 Å². The van der Waals surface area contributed by atoms with Gasteiger partial charge in [0.25, 0.3) is 5.91 Å². The van der Waals surface area contributed by atoms with Gasteiger partial charge >= 0.3 is 5.92 Å². The van der Waals surface area contributed by atoms with E-state index in [1.807, 2.05) is 0 Å². The SMILES string of the molecule is Cc1c(NC(=O)C(F)(F)Cc2ccc(Cl)cc2)n[nH]c1-c1ccncc1. The Morgan fingerprint density at radius 2 is 1.85 bits per heavy atom. The zero-order chi connectivity index (χ0) is 18.7. The number of carbonyl (C=O) groups excluding carboxylic acids is 1. The molecule has 5 nitrogen and oxygen atoms in total. The number of alkyl halides is 2. The Hall–Kier alpha value is -2.80. The van der Waals surface area contributed by atoms with Crippen LogP contribution < -0.4 is 5.32 Å². The predicted octanol–water partition coefficient (Wildman–Crippen LogP) is 4.25. The largest absolute Gasteiger partial charge is 0.328 e. The number of rotatable bonds is 5. The van der Waals surface area contributed by atoms with Crippen molar-refractivity contribution in [1.29, 1.82) is 0 Å². The quantitative estimate of drug-likeness (QED) is 0.699. The molecule has 0 saturated heterocycles. The second-order valence-corrected chi connectivity index (χ2v) is 6.21. The summed E-state index contributed by atoms with van der Waals surface area (Å²) < 4.78 is 28.5. The Kier molecular flexibility index (Phi) is 4.99. The number of benzene rings is 1. The number of H-pyrrole nitrogens is 1. The van der Waals surface area contributed by atoms with Crippen molar-refractivity contribution in [3.63, 3.8) is 0 Å². The predicted molar refractivity (Wildman–Crippen MR) is 95.3 cm³/mol. The summed E-state index contributed by atoms with van der Waals surface area (Å²) in [5, 5.41) is 9.33. The Morgan fingerprint density at radius 3 is 2.50 bits per heavy atom. The zero-order valence-electron chi connectivity index (χ0n) is 13.8. The van der Waals surface area contributed by atoms with Gasteiger partial charge in [0.2, 0.25) is 0 Å². The molecule has 8 heteroatoms. The first-order valence-electron chi connectivity index (χ1n) is 7.76. The number of nitrogens with one attached hydrogen (secondary N) is 2. The molecule has 0 spiro atoms. The highest BCUT2D eigenvalue weighted by Crippen LogP contribution is 2.28. The molecular weight excluding hydrogens is 362 g/mol. The molecule has 0 bridgehead atoms. The highest BCUT2D eigenvalue weighted by atomic mass is 35.5. The summed E-state index contributed by atoms with van der Waals surface area (Å²) >= 11 is 5.74. The van der Waals surface area contributed by atoms with Gasteiger partial charge in [-0.15, -0.1) is 0 Å². The number of nitrogens with zero attached hydrogens (tertiary/aromatic N) is 2. The molecule has 2 aromatic heterocycles. The van der Waals surface area contributed by atoms with Crippen molar-refractivity contribution in [2.45, 2.75) is 19.3 Å². The van der Waals surface area contributed by atoms with Crippen LogP contribution in [0.5, 0.6) is 0 Å². The second-order valence-electron chi connectivity index (χ2n) is 5.77. The van der Waals surface area contributed by atoms with Gasteiger partial charge in [0.15, 0.2) is 5.82 Å². The maximum atomic E-state index is 14.3. The Labute approximate surface area is 153 Å². The van der Waals surface area contributed by atoms with E-state index >= 15 is 0 Å². The molecule has 0 unspecified atom stereocenters. The molecule has 1 aromatic carbocycles. The lowest BCUT2D eigenvalue weighted by molar-refractivity contribution is -0.139. The van der Waals surface area contributed by atoms with Crippen LogP contribution in [0.15, 0.2) is 48.8 Å². The van der Waals surface area contributed by atoms with Crippen molar-refractivity contribution in [2.24, 2.45) is 0 Å². The van der Waals surface area contributed by atoms with Crippen molar-refractivity contribution in [1.82, 2.24) is 15.2 Å². The van der Waals surface area contributed by atoms with Gasteiger partial charge in [-0.05, 0) is 36.8 Å². The molecule has 0 aliphatic carbocycles. The fraction of sp³-hybridized carbons (Fsp3) is 0.167. The third kappa shape index (κ3) is 3.88. The van der Waals surface area contributed by atoms with Crippen LogP contribution in [0.1, 0.15) is 11.1 Å². The second kappa shape index (κ2) is 7.21. The number of hydrogen-bond acceptors (Lipinski definition) is 3. The first kappa shape index (κ1) is 18.0. The summed E-state index contributed by atoms with van der Waals surface area (Å²) in [6, 6.07) is 9.44. The number of hydrogen-bond donors (Lipinski definition) is 2.